The number of hydrogen-bond acceptors (Lipinski definition) is 4. The Morgan fingerprint density at radius 1 is 1.00 bits per heavy atom. The van der Waals surface area contributed by atoms with E-state index in [4.69, 9.17) is 37.8 Å². The lowest BCUT2D eigenvalue weighted by molar-refractivity contribution is 0.0967. The Bertz CT molecular complexity index is 894. The third-order valence-electron chi connectivity index (χ3n) is 5.50. The number of rotatable bonds is 9. The molecule has 6 nitrogen and oxygen atoms in total. The molecule has 2 rings (SSSR count). The summed E-state index contributed by atoms with van der Waals surface area (Å²) in [5, 5.41) is 10.9. The normalized spacial score (nSPS) is 14.3. The summed E-state index contributed by atoms with van der Waals surface area (Å²) >= 11 is 13.6. The van der Waals surface area contributed by atoms with Crippen LogP contribution in [0.5, 0.6) is 0 Å². The smallest absolute Gasteiger partial charge is 0.0855 e. The van der Waals surface area contributed by atoms with Crippen LogP contribution in [0.25, 0.3) is 0 Å². The van der Waals surface area contributed by atoms with Crippen molar-refractivity contribution in [1.29, 1.82) is 0 Å². The van der Waals surface area contributed by atoms with E-state index >= 15 is 0 Å². The summed E-state index contributed by atoms with van der Waals surface area (Å²) in [6.45, 7) is 18.1. The Kier molecular flexibility index (Phi) is 7.95. The Hall–Kier alpha value is -1.08. The van der Waals surface area contributed by atoms with Crippen LogP contribution in [0.2, 0.25) is 10.0 Å². The van der Waals surface area contributed by atoms with Crippen LogP contribution in [0.15, 0.2) is 6.20 Å². The van der Waals surface area contributed by atoms with Gasteiger partial charge in [0.15, 0.2) is 0 Å². The lowest BCUT2D eigenvalue weighted by Gasteiger charge is -2.33. The lowest BCUT2D eigenvalue weighted by atomic mass is 9.82. The van der Waals surface area contributed by atoms with Crippen LogP contribution in [0, 0.1) is 0 Å². The van der Waals surface area contributed by atoms with Crippen LogP contribution in [0.4, 0.5) is 0 Å². The quantitative estimate of drug-likeness (QED) is 0.462. The molecule has 0 amide bonds. The van der Waals surface area contributed by atoms with Gasteiger partial charge in [0.25, 0.3) is 0 Å². The van der Waals surface area contributed by atoms with E-state index in [1.807, 2.05) is 9.36 Å². The van der Waals surface area contributed by atoms with Gasteiger partial charge in [-0.2, -0.15) is 10.2 Å². The van der Waals surface area contributed by atoms with Gasteiger partial charge in [0, 0.05) is 31.5 Å². The van der Waals surface area contributed by atoms with Crippen LogP contribution in [-0.4, -0.2) is 47.0 Å². The first-order chi connectivity index (χ1) is 14.2. The number of ether oxygens (including phenoxy) is 2. The zero-order valence-corrected chi connectivity index (χ0v) is 22.1. The van der Waals surface area contributed by atoms with Gasteiger partial charge in [0.2, 0.25) is 0 Å². The molecule has 0 fully saturated rings. The van der Waals surface area contributed by atoms with Crippen LogP contribution in [0.1, 0.15) is 78.5 Å². The van der Waals surface area contributed by atoms with Crippen molar-refractivity contribution in [3.63, 3.8) is 0 Å². The topological polar surface area (TPSA) is 54.1 Å². The molecule has 0 bridgehead atoms. The third-order valence-corrected chi connectivity index (χ3v) is 6.17. The van der Waals surface area contributed by atoms with E-state index in [1.54, 1.807) is 20.4 Å². The number of aromatic nitrogens is 4. The van der Waals surface area contributed by atoms with Crippen molar-refractivity contribution in [2.75, 3.05) is 27.4 Å². The standard InChI is InChI=1S/C23H38Cl2N4O2/c1-15(13-30-9)28-20(21(2,3)4)18(25)17(27-28)11-22(5,6)19-16(24)12-26-29(19)23(7,8)14-31-10/h12,15H,11,13-14H2,1-10H3. The maximum atomic E-state index is 6.95. The number of hydrogen-bond donors (Lipinski definition) is 0. The SMILES string of the molecule is COCC(C)n1nc(CC(C)(C)c2c(Cl)cnn2C(C)(C)COC)c(Cl)c1C(C)(C)C. The minimum absolute atomic E-state index is 0.0725. The van der Waals surface area contributed by atoms with E-state index in [2.05, 4.69) is 60.5 Å². The summed E-state index contributed by atoms with van der Waals surface area (Å²) in [5.74, 6) is 0. The van der Waals surface area contributed by atoms with Crippen molar-refractivity contribution in [2.45, 2.75) is 84.2 Å². The molecule has 176 valence electrons. The summed E-state index contributed by atoms with van der Waals surface area (Å²) in [6, 6.07) is 0.0725. The fraction of sp³-hybridized carbons (Fsp3) is 0.739. The van der Waals surface area contributed by atoms with Crippen molar-refractivity contribution < 1.29 is 9.47 Å². The zero-order chi connectivity index (χ0) is 23.8. The second kappa shape index (κ2) is 9.42. The van der Waals surface area contributed by atoms with Crippen LogP contribution >= 0.6 is 23.2 Å². The molecular formula is C23H38Cl2N4O2. The van der Waals surface area contributed by atoms with Gasteiger partial charge in [-0.15, -0.1) is 0 Å². The molecule has 2 aromatic rings. The predicted molar refractivity (Wildman–Crippen MR) is 128 cm³/mol. The maximum absolute atomic E-state index is 6.95. The van der Waals surface area contributed by atoms with Gasteiger partial charge >= 0.3 is 0 Å². The van der Waals surface area contributed by atoms with Crippen molar-refractivity contribution in [3.05, 3.63) is 33.3 Å². The van der Waals surface area contributed by atoms with E-state index in [0.717, 1.165) is 17.1 Å². The molecular weight excluding hydrogens is 435 g/mol. The molecule has 0 aliphatic heterocycles. The summed E-state index contributed by atoms with van der Waals surface area (Å²) in [5.41, 5.74) is 1.96. The Morgan fingerprint density at radius 2 is 1.61 bits per heavy atom. The minimum atomic E-state index is -0.360. The average molecular weight is 473 g/mol. The molecule has 1 unspecified atom stereocenters. The highest BCUT2D eigenvalue weighted by Gasteiger charge is 2.37. The van der Waals surface area contributed by atoms with Gasteiger partial charge in [0.05, 0.1) is 58.1 Å². The lowest BCUT2D eigenvalue weighted by Crippen LogP contribution is -2.38. The molecule has 0 radical (unpaired) electrons. The van der Waals surface area contributed by atoms with E-state index in [9.17, 15) is 0 Å². The van der Waals surface area contributed by atoms with Gasteiger partial charge in [-0.25, -0.2) is 0 Å². The summed E-state index contributed by atoms with van der Waals surface area (Å²) in [6.07, 6.45) is 2.33. The fourth-order valence-electron chi connectivity index (χ4n) is 4.19. The van der Waals surface area contributed by atoms with Gasteiger partial charge in [-0.05, 0) is 20.8 Å². The zero-order valence-electron chi connectivity index (χ0n) is 20.6. The summed E-state index contributed by atoms with van der Waals surface area (Å²) < 4.78 is 14.8. The minimum Gasteiger partial charge on any atom is -0.382 e. The second-order valence-corrected chi connectivity index (χ2v) is 11.5. The Labute approximate surface area is 197 Å². The average Bonchev–Trinajstić information content (AvgIpc) is 3.16. The molecule has 31 heavy (non-hydrogen) atoms. The Morgan fingerprint density at radius 3 is 2.13 bits per heavy atom. The van der Waals surface area contributed by atoms with E-state index in [1.165, 1.54) is 0 Å². The molecule has 0 aromatic carbocycles. The van der Waals surface area contributed by atoms with E-state index in [-0.39, 0.29) is 22.4 Å². The first kappa shape index (κ1) is 26.2. The van der Waals surface area contributed by atoms with Crippen molar-refractivity contribution in [2.24, 2.45) is 0 Å². The van der Waals surface area contributed by atoms with Crippen LogP contribution < -0.4 is 0 Å². The molecule has 8 heteroatoms. The summed E-state index contributed by atoms with van der Waals surface area (Å²) in [7, 11) is 3.40. The number of halogens is 2. The molecule has 1 atom stereocenters. The maximum Gasteiger partial charge on any atom is 0.0855 e. The van der Waals surface area contributed by atoms with Gasteiger partial charge in [-0.1, -0.05) is 57.8 Å². The first-order valence-corrected chi connectivity index (χ1v) is 11.4. The van der Waals surface area contributed by atoms with Gasteiger partial charge < -0.3 is 9.47 Å². The highest BCUT2D eigenvalue weighted by atomic mass is 35.5. The van der Waals surface area contributed by atoms with Gasteiger partial charge in [0.1, 0.15) is 0 Å². The molecule has 0 saturated carbocycles. The van der Waals surface area contributed by atoms with Gasteiger partial charge in [-0.3, -0.25) is 9.36 Å². The Balaban J connectivity index is 2.55. The van der Waals surface area contributed by atoms with Crippen LogP contribution in [0.3, 0.4) is 0 Å². The van der Waals surface area contributed by atoms with Crippen molar-refractivity contribution >= 4 is 23.2 Å². The third kappa shape index (κ3) is 5.47. The highest BCUT2D eigenvalue weighted by molar-refractivity contribution is 6.32. The molecule has 2 heterocycles. The number of nitrogens with zero attached hydrogens (tertiary/aromatic N) is 4. The highest BCUT2D eigenvalue weighted by Crippen LogP contribution is 2.40. The predicted octanol–water partition coefficient (Wildman–Crippen LogP) is 5.79. The molecule has 2 aromatic heterocycles. The molecule has 0 aliphatic rings. The second-order valence-electron chi connectivity index (χ2n) is 10.7. The molecule has 0 spiro atoms. The number of methoxy groups -OCH3 is 2. The van der Waals surface area contributed by atoms with Crippen molar-refractivity contribution in [1.82, 2.24) is 19.6 Å². The fourth-order valence-corrected chi connectivity index (χ4v) is 5.05. The van der Waals surface area contributed by atoms with E-state index < -0.39 is 0 Å². The van der Waals surface area contributed by atoms with E-state index in [0.29, 0.717) is 29.7 Å². The summed E-state index contributed by atoms with van der Waals surface area (Å²) in [4.78, 5) is 0. The van der Waals surface area contributed by atoms with Crippen molar-refractivity contribution in [3.8, 4) is 0 Å². The largest absolute Gasteiger partial charge is 0.382 e. The first-order valence-electron chi connectivity index (χ1n) is 10.7. The molecule has 0 saturated heterocycles. The molecule has 0 aliphatic carbocycles. The monoisotopic (exact) mass is 472 g/mol. The molecule has 0 N–H and O–H groups in total. The van der Waals surface area contributed by atoms with Crippen LogP contribution in [-0.2, 0) is 32.3 Å².